The maximum absolute atomic E-state index is 11.0. The van der Waals surface area contributed by atoms with Crippen LogP contribution in [0.1, 0.15) is 34.8 Å². The van der Waals surface area contributed by atoms with E-state index in [9.17, 15) is 4.79 Å². The van der Waals surface area contributed by atoms with E-state index in [-0.39, 0.29) is 0 Å². The summed E-state index contributed by atoms with van der Waals surface area (Å²) in [6.07, 6.45) is 0.946. The van der Waals surface area contributed by atoms with Gasteiger partial charge in [-0.3, -0.25) is 0 Å². The normalized spacial score (nSPS) is 10.4. The summed E-state index contributed by atoms with van der Waals surface area (Å²) in [5, 5.41) is 12.3. The summed E-state index contributed by atoms with van der Waals surface area (Å²) >= 11 is 0. The minimum Gasteiger partial charge on any atom is -0.493 e. The Bertz CT molecular complexity index is 685. The van der Waals surface area contributed by atoms with Gasteiger partial charge in [0.15, 0.2) is 11.5 Å². The van der Waals surface area contributed by atoms with Crippen LogP contribution in [-0.4, -0.2) is 24.8 Å². The van der Waals surface area contributed by atoms with Gasteiger partial charge < -0.3 is 19.9 Å². The van der Waals surface area contributed by atoms with Crippen molar-refractivity contribution >= 4 is 5.97 Å². The number of methoxy groups -OCH3 is 1. The van der Waals surface area contributed by atoms with Crippen molar-refractivity contribution in [2.24, 2.45) is 0 Å². The van der Waals surface area contributed by atoms with Crippen LogP contribution in [0.5, 0.6) is 11.5 Å². The van der Waals surface area contributed by atoms with Gasteiger partial charge in [0.05, 0.1) is 19.3 Å². The van der Waals surface area contributed by atoms with Crippen LogP contribution in [0.3, 0.4) is 0 Å². The van der Waals surface area contributed by atoms with Crippen LogP contribution in [-0.2, 0) is 13.1 Å². The third kappa shape index (κ3) is 4.99. The van der Waals surface area contributed by atoms with Gasteiger partial charge in [0.1, 0.15) is 0 Å². The smallest absolute Gasteiger partial charge is 0.335 e. The summed E-state index contributed by atoms with van der Waals surface area (Å²) in [6.45, 7) is 3.97. The van der Waals surface area contributed by atoms with Gasteiger partial charge in [-0.1, -0.05) is 25.1 Å². The Labute approximate surface area is 142 Å². The fourth-order valence-electron chi connectivity index (χ4n) is 2.32. The van der Waals surface area contributed by atoms with Crippen LogP contribution in [0.25, 0.3) is 0 Å². The lowest BCUT2D eigenvalue weighted by Gasteiger charge is -2.12. The topological polar surface area (TPSA) is 67.8 Å². The zero-order valence-corrected chi connectivity index (χ0v) is 14.0. The van der Waals surface area contributed by atoms with Gasteiger partial charge in [-0.2, -0.15) is 0 Å². The standard InChI is InChI=1S/C19H23NO4/c1-3-9-24-17-8-7-15(11-18(17)23-2)13-20-12-14-5-4-6-16(10-14)19(21)22/h4-8,10-11,20H,3,9,12-13H2,1-2H3,(H,21,22). The van der Waals surface area contributed by atoms with E-state index in [1.54, 1.807) is 25.3 Å². The molecular formula is C19H23NO4. The first-order valence-electron chi connectivity index (χ1n) is 7.96. The molecule has 5 nitrogen and oxygen atoms in total. The first-order valence-corrected chi connectivity index (χ1v) is 7.96. The SMILES string of the molecule is CCCOc1ccc(CNCc2cccc(C(=O)O)c2)cc1OC. The molecule has 0 bridgehead atoms. The zero-order valence-electron chi connectivity index (χ0n) is 14.0. The molecule has 0 saturated heterocycles. The zero-order chi connectivity index (χ0) is 17.4. The molecule has 0 unspecified atom stereocenters. The van der Waals surface area contributed by atoms with Gasteiger partial charge in [0, 0.05) is 13.1 Å². The molecule has 2 rings (SSSR count). The summed E-state index contributed by atoms with van der Waals surface area (Å²) in [4.78, 5) is 11.0. The number of carbonyl (C=O) groups is 1. The molecule has 0 amide bonds. The Hall–Kier alpha value is -2.53. The molecule has 0 heterocycles. The summed E-state index contributed by atoms with van der Waals surface area (Å²) in [5.74, 6) is 0.553. The van der Waals surface area contributed by atoms with Crippen LogP contribution >= 0.6 is 0 Å². The Morgan fingerprint density at radius 1 is 1.08 bits per heavy atom. The van der Waals surface area contributed by atoms with Gasteiger partial charge in [0.2, 0.25) is 0 Å². The van der Waals surface area contributed by atoms with E-state index < -0.39 is 5.97 Å². The highest BCUT2D eigenvalue weighted by molar-refractivity contribution is 5.87. The number of benzene rings is 2. The third-order valence-electron chi connectivity index (χ3n) is 3.52. The minimum absolute atomic E-state index is 0.299. The van der Waals surface area contributed by atoms with Crippen molar-refractivity contribution in [2.75, 3.05) is 13.7 Å². The van der Waals surface area contributed by atoms with Crippen LogP contribution < -0.4 is 14.8 Å². The molecule has 24 heavy (non-hydrogen) atoms. The van der Waals surface area contributed by atoms with E-state index in [0.717, 1.165) is 29.0 Å². The molecule has 0 saturated carbocycles. The molecule has 0 aliphatic heterocycles. The van der Waals surface area contributed by atoms with Crippen molar-refractivity contribution in [3.05, 3.63) is 59.2 Å². The molecule has 128 valence electrons. The van der Waals surface area contributed by atoms with Gasteiger partial charge in [0.25, 0.3) is 0 Å². The van der Waals surface area contributed by atoms with Crippen LogP contribution in [0.2, 0.25) is 0 Å². The Morgan fingerprint density at radius 3 is 2.50 bits per heavy atom. The van der Waals surface area contributed by atoms with E-state index in [1.807, 2.05) is 24.3 Å². The predicted molar refractivity (Wildman–Crippen MR) is 92.7 cm³/mol. The molecule has 0 aliphatic rings. The number of rotatable bonds is 9. The first-order chi connectivity index (χ1) is 11.6. The van der Waals surface area contributed by atoms with Crippen molar-refractivity contribution in [3.63, 3.8) is 0 Å². The highest BCUT2D eigenvalue weighted by Gasteiger charge is 2.06. The number of aromatic carboxylic acids is 1. The first kappa shape index (κ1) is 17.8. The molecule has 2 aromatic rings. The minimum atomic E-state index is -0.913. The van der Waals surface area contributed by atoms with Crippen molar-refractivity contribution in [3.8, 4) is 11.5 Å². The molecule has 0 aliphatic carbocycles. The Morgan fingerprint density at radius 2 is 1.83 bits per heavy atom. The second-order valence-corrected chi connectivity index (χ2v) is 5.44. The van der Waals surface area contributed by atoms with Crippen molar-refractivity contribution in [1.82, 2.24) is 5.32 Å². The summed E-state index contributed by atoms with van der Waals surface area (Å²) in [7, 11) is 1.63. The fourth-order valence-corrected chi connectivity index (χ4v) is 2.32. The lowest BCUT2D eigenvalue weighted by molar-refractivity contribution is 0.0696. The Kier molecular flexibility index (Phi) is 6.63. The fraction of sp³-hybridized carbons (Fsp3) is 0.316. The van der Waals surface area contributed by atoms with E-state index in [0.29, 0.717) is 25.3 Å². The van der Waals surface area contributed by atoms with Gasteiger partial charge in [-0.25, -0.2) is 4.79 Å². The number of hydrogen-bond donors (Lipinski definition) is 2. The van der Waals surface area contributed by atoms with Crippen LogP contribution in [0.4, 0.5) is 0 Å². The molecular weight excluding hydrogens is 306 g/mol. The number of ether oxygens (including phenoxy) is 2. The monoisotopic (exact) mass is 329 g/mol. The Balaban J connectivity index is 1.94. The molecule has 0 atom stereocenters. The van der Waals surface area contributed by atoms with Crippen molar-refractivity contribution in [1.29, 1.82) is 0 Å². The number of hydrogen-bond acceptors (Lipinski definition) is 4. The van der Waals surface area contributed by atoms with Crippen LogP contribution in [0.15, 0.2) is 42.5 Å². The maximum atomic E-state index is 11.0. The van der Waals surface area contributed by atoms with Crippen molar-refractivity contribution < 1.29 is 19.4 Å². The average molecular weight is 329 g/mol. The number of carboxylic acid groups (broad SMARTS) is 1. The quantitative estimate of drug-likeness (QED) is 0.737. The second-order valence-electron chi connectivity index (χ2n) is 5.44. The van der Waals surface area contributed by atoms with Gasteiger partial charge in [-0.05, 0) is 41.8 Å². The summed E-state index contributed by atoms with van der Waals surface area (Å²) < 4.78 is 11.0. The molecule has 2 N–H and O–H groups in total. The second kappa shape index (κ2) is 8.93. The highest BCUT2D eigenvalue weighted by atomic mass is 16.5. The van der Waals surface area contributed by atoms with E-state index in [1.165, 1.54) is 0 Å². The van der Waals surface area contributed by atoms with Gasteiger partial charge in [-0.15, -0.1) is 0 Å². The largest absolute Gasteiger partial charge is 0.493 e. The number of nitrogens with one attached hydrogen (secondary N) is 1. The molecule has 2 aromatic carbocycles. The molecule has 5 heteroatoms. The van der Waals surface area contributed by atoms with Crippen LogP contribution in [0, 0.1) is 0 Å². The molecule has 0 radical (unpaired) electrons. The summed E-state index contributed by atoms with van der Waals surface area (Å²) in [6, 6.07) is 12.8. The summed E-state index contributed by atoms with van der Waals surface area (Å²) in [5.41, 5.74) is 2.31. The van der Waals surface area contributed by atoms with Crippen molar-refractivity contribution in [2.45, 2.75) is 26.4 Å². The highest BCUT2D eigenvalue weighted by Crippen LogP contribution is 2.28. The van der Waals surface area contributed by atoms with Gasteiger partial charge >= 0.3 is 5.97 Å². The third-order valence-corrected chi connectivity index (χ3v) is 3.52. The van der Waals surface area contributed by atoms with E-state index in [2.05, 4.69) is 12.2 Å². The number of carboxylic acids is 1. The molecule has 0 aromatic heterocycles. The van der Waals surface area contributed by atoms with E-state index in [4.69, 9.17) is 14.6 Å². The maximum Gasteiger partial charge on any atom is 0.335 e. The molecule has 0 spiro atoms. The molecule has 0 fully saturated rings. The predicted octanol–water partition coefficient (Wildman–Crippen LogP) is 3.47. The lowest BCUT2D eigenvalue weighted by atomic mass is 10.1. The lowest BCUT2D eigenvalue weighted by Crippen LogP contribution is -2.13. The van der Waals surface area contributed by atoms with E-state index >= 15 is 0 Å². The average Bonchev–Trinajstić information content (AvgIpc) is 2.60.